The van der Waals surface area contributed by atoms with Gasteiger partial charge in [-0.1, -0.05) is 19.9 Å². The van der Waals surface area contributed by atoms with Crippen LogP contribution >= 0.6 is 0 Å². The molecule has 1 heterocycles. The van der Waals surface area contributed by atoms with Gasteiger partial charge in [0.05, 0.1) is 17.4 Å². The number of amides is 1. The monoisotopic (exact) mass is 311 g/mol. The van der Waals surface area contributed by atoms with Crippen LogP contribution in [0.2, 0.25) is 0 Å². The first-order valence-electron chi connectivity index (χ1n) is 7.39. The molecule has 2 aromatic carbocycles. The number of hydrogen-bond donors (Lipinski definition) is 1. The summed E-state index contributed by atoms with van der Waals surface area (Å²) in [6, 6.07) is 12.1. The van der Waals surface area contributed by atoms with Crippen molar-refractivity contribution >= 4 is 16.8 Å². The van der Waals surface area contributed by atoms with Gasteiger partial charge >= 0.3 is 0 Å². The molecule has 0 aliphatic heterocycles. The fourth-order valence-corrected chi connectivity index (χ4v) is 2.58. The minimum atomic E-state index is -0.597. The number of rotatable bonds is 4. The highest BCUT2D eigenvalue weighted by Crippen LogP contribution is 2.25. The van der Waals surface area contributed by atoms with Crippen molar-refractivity contribution in [1.82, 2.24) is 9.78 Å². The maximum absolute atomic E-state index is 13.1. The van der Waals surface area contributed by atoms with Crippen LogP contribution in [0.15, 0.2) is 48.7 Å². The van der Waals surface area contributed by atoms with Crippen molar-refractivity contribution in [2.75, 3.05) is 0 Å². The second-order valence-electron chi connectivity index (χ2n) is 6.35. The Bertz CT molecular complexity index is 866. The summed E-state index contributed by atoms with van der Waals surface area (Å²) < 4.78 is 14.8. The van der Waals surface area contributed by atoms with Gasteiger partial charge in [-0.3, -0.25) is 4.79 Å². The van der Waals surface area contributed by atoms with Crippen molar-refractivity contribution in [3.63, 3.8) is 0 Å². The van der Waals surface area contributed by atoms with Crippen LogP contribution in [0.1, 0.15) is 19.4 Å². The summed E-state index contributed by atoms with van der Waals surface area (Å²) in [5.74, 6) is -0.596. The van der Waals surface area contributed by atoms with Crippen LogP contribution in [0.3, 0.4) is 0 Å². The summed E-state index contributed by atoms with van der Waals surface area (Å²) >= 11 is 0. The molecule has 1 amide bonds. The fourth-order valence-electron chi connectivity index (χ4n) is 2.58. The molecule has 0 saturated carbocycles. The Morgan fingerprint density at radius 1 is 1.22 bits per heavy atom. The van der Waals surface area contributed by atoms with Crippen molar-refractivity contribution in [2.45, 2.75) is 20.3 Å². The van der Waals surface area contributed by atoms with Gasteiger partial charge in [0.2, 0.25) is 5.91 Å². The van der Waals surface area contributed by atoms with E-state index in [-0.39, 0.29) is 11.7 Å². The van der Waals surface area contributed by atoms with Crippen LogP contribution in [0.25, 0.3) is 16.6 Å². The Labute approximate surface area is 133 Å². The SMILES string of the molecule is CC(C)(Cc1ccc2c(cnn2-c2ccc(F)cc2)c1)C(N)=O. The lowest BCUT2D eigenvalue weighted by Gasteiger charge is -2.20. The number of nitrogens with zero attached hydrogens (tertiary/aromatic N) is 2. The molecule has 0 aliphatic carbocycles. The first-order chi connectivity index (χ1) is 10.9. The van der Waals surface area contributed by atoms with Gasteiger partial charge in [-0.25, -0.2) is 9.07 Å². The van der Waals surface area contributed by atoms with Gasteiger partial charge in [0.15, 0.2) is 0 Å². The summed E-state index contributed by atoms with van der Waals surface area (Å²) in [4.78, 5) is 11.5. The minimum absolute atomic E-state index is 0.277. The normalized spacial score (nSPS) is 11.8. The smallest absolute Gasteiger partial charge is 0.223 e. The molecule has 0 fully saturated rings. The van der Waals surface area contributed by atoms with Crippen molar-refractivity contribution in [3.05, 3.63) is 60.0 Å². The van der Waals surface area contributed by atoms with E-state index >= 15 is 0 Å². The standard InChI is InChI=1S/C18H18FN3O/c1-18(2,17(20)23)10-12-3-8-16-13(9-12)11-21-22(16)15-6-4-14(19)5-7-15/h3-9,11H,10H2,1-2H3,(H2,20,23). The Morgan fingerprint density at radius 2 is 1.91 bits per heavy atom. The summed E-state index contributed by atoms with van der Waals surface area (Å²) in [6.07, 6.45) is 2.33. The lowest BCUT2D eigenvalue weighted by Crippen LogP contribution is -2.33. The maximum atomic E-state index is 13.1. The lowest BCUT2D eigenvalue weighted by molar-refractivity contribution is -0.125. The van der Waals surface area contributed by atoms with E-state index in [1.165, 1.54) is 12.1 Å². The van der Waals surface area contributed by atoms with Gasteiger partial charge in [0.25, 0.3) is 0 Å². The van der Waals surface area contributed by atoms with E-state index in [0.717, 1.165) is 22.2 Å². The molecule has 0 bridgehead atoms. The molecule has 0 aliphatic rings. The van der Waals surface area contributed by atoms with Crippen molar-refractivity contribution in [1.29, 1.82) is 0 Å². The first-order valence-corrected chi connectivity index (χ1v) is 7.39. The van der Waals surface area contributed by atoms with Crippen molar-refractivity contribution in [2.24, 2.45) is 11.1 Å². The molecule has 0 saturated heterocycles. The third-order valence-corrected chi connectivity index (χ3v) is 4.02. The number of carbonyl (C=O) groups is 1. The van der Waals surface area contributed by atoms with E-state index < -0.39 is 5.41 Å². The zero-order valence-electron chi connectivity index (χ0n) is 13.1. The van der Waals surface area contributed by atoms with Crippen molar-refractivity contribution < 1.29 is 9.18 Å². The van der Waals surface area contributed by atoms with Crippen LogP contribution in [-0.4, -0.2) is 15.7 Å². The summed E-state index contributed by atoms with van der Waals surface area (Å²) in [5.41, 5.74) is 7.59. The molecule has 5 heteroatoms. The summed E-state index contributed by atoms with van der Waals surface area (Å²) in [5, 5.41) is 5.34. The second kappa shape index (κ2) is 5.50. The Hall–Kier alpha value is -2.69. The van der Waals surface area contributed by atoms with Gasteiger partial charge in [-0.2, -0.15) is 5.10 Å². The molecule has 4 nitrogen and oxygen atoms in total. The number of primary amides is 1. The highest BCUT2D eigenvalue weighted by Gasteiger charge is 2.25. The van der Waals surface area contributed by atoms with Gasteiger partial charge in [0, 0.05) is 10.8 Å². The average molecular weight is 311 g/mol. The average Bonchev–Trinajstić information content (AvgIpc) is 2.90. The van der Waals surface area contributed by atoms with E-state index in [9.17, 15) is 9.18 Å². The third-order valence-electron chi connectivity index (χ3n) is 4.02. The largest absolute Gasteiger partial charge is 0.369 e. The molecule has 3 rings (SSSR count). The first kappa shape index (κ1) is 15.2. The predicted octanol–water partition coefficient (Wildman–Crippen LogP) is 3.22. The van der Waals surface area contributed by atoms with Gasteiger partial charge in [-0.05, 0) is 48.4 Å². The highest BCUT2D eigenvalue weighted by atomic mass is 19.1. The number of carbonyl (C=O) groups excluding carboxylic acids is 1. The molecule has 2 N–H and O–H groups in total. The molecule has 3 aromatic rings. The number of halogens is 1. The quantitative estimate of drug-likeness (QED) is 0.804. The molecule has 1 aromatic heterocycles. The van der Waals surface area contributed by atoms with Crippen molar-refractivity contribution in [3.8, 4) is 5.69 Å². The second-order valence-corrected chi connectivity index (χ2v) is 6.35. The molecule has 118 valence electrons. The van der Waals surface area contributed by atoms with Gasteiger partial charge in [-0.15, -0.1) is 0 Å². The van der Waals surface area contributed by atoms with Gasteiger partial charge < -0.3 is 5.73 Å². The zero-order chi connectivity index (χ0) is 16.6. The topological polar surface area (TPSA) is 60.9 Å². The number of benzene rings is 2. The molecular weight excluding hydrogens is 293 g/mol. The lowest BCUT2D eigenvalue weighted by atomic mass is 9.85. The third kappa shape index (κ3) is 2.95. The number of hydrogen-bond acceptors (Lipinski definition) is 2. The highest BCUT2D eigenvalue weighted by molar-refractivity contribution is 5.82. The molecular formula is C18H18FN3O. The van der Waals surface area contributed by atoms with Crippen LogP contribution < -0.4 is 5.73 Å². The maximum Gasteiger partial charge on any atom is 0.223 e. The molecule has 23 heavy (non-hydrogen) atoms. The van der Waals surface area contributed by atoms with E-state index in [0.29, 0.717) is 6.42 Å². The van der Waals surface area contributed by atoms with E-state index in [4.69, 9.17) is 5.73 Å². The van der Waals surface area contributed by atoms with Gasteiger partial charge in [0.1, 0.15) is 5.82 Å². The van der Waals surface area contributed by atoms with E-state index in [2.05, 4.69) is 5.10 Å². The predicted molar refractivity (Wildman–Crippen MR) is 87.7 cm³/mol. The molecule has 0 radical (unpaired) electrons. The summed E-state index contributed by atoms with van der Waals surface area (Å²) in [6.45, 7) is 3.67. The van der Waals surface area contributed by atoms with Crippen LogP contribution in [0.5, 0.6) is 0 Å². The van der Waals surface area contributed by atoms with E-state index in [1.54, 1.807) is 23.0 Å². The Balaban J connectivity index is 1.97. The zero-order valence-corrected chi connectivity index (χ0v) is 13.1. The fraction of sp³-hybridized carbons (Fsp3) is 0.222. The number of nitrogens with two attached hydrogens (primary N) is 1. The Morgan fingerprint density at radius 3 is 2.57 bits per heavy atom. The summed E-state index contributed by atoms with van der Waals surface area (Å²) in [7, 11) is 0. The van der Waals surface area contributed by atoms with Crippen LogP contribution in [0, 0.1) is 11.2 Å². The molecule has 0 spiro atoms. The molecule has 0 atom stereocenters. The van der Waals surface area contributed by atoms with Crippen LogP contribution in [0.4, 0.5) is 4.39 Å². The van der Waals surface area contributed by atoms with Crippen LogP contribution in [-0.2, 0) is 11.2 Å². The molecule has 0 unspecified atom stereocenters. The number of fused-ring (bicyclic) bond motifs is 1. The minimum Gasteiger partial charge on any atom is -0.369 e. The Kier molecular flexibility index (Phi) is 3.64. The van der Waals surface area contributed by atoms with E-state index in [1.807, 2.05) is 32.0 Å². The number of aromatic nitrogens is 2.